The van der Waals surface area contributed by atoms with Crippen LogP contribution in [0, 0.1) is 4.91 Å². The standard InChI is InChI=1S/C10H11NO5/c1-2-3-16-10(14)6-4-7(12)9(11-15)8(13)5-6/h4-5,12-13H,2-3H2,1H3. The van der Waals surface area contributed by atoms with E-state index in [1.165, 1.54) is 0 Å². The van der Waals surface area contributed by atoms with Gasteiger partial charge < -0.3 is 14.9 Å². The molecule has 0 unspecified atom stereocenters. The first-order valence-corrected chi connectivity index (χ1v) is 4.66. The number of carbonyl (C=O) groups is 1. The lowest BCUT2D eigenvalue weighted by Gasteiger charge is -2.05. The zero-order valence-electron chi connectivity index (χ0n) is 8.64. The summed E-state index contributed by atoms with van der Waals surface area (Å²) in [5.41, 5.74) is -0.525. The van der Waals surface area contributed by atoms with Crippen molar-refractivity contribution < 1.29 is 19.7 Å². The number of nitroso groups, excluding NO2 is 1. The number of rotatable bonds is 4. The Bertz CT molecular complexity index is 393. The predicted molar refractivity (Wildman–Crippen MR) is 55.8 cm³/mol. The summed E-state index contributed by atoms with van der Waals surface area (Å²) in [6.07, 6.45) is 0.664. The average Bonchev–Trinajstić information content (AvgIpc) is 2.25. The maximum Gasteiger partial charge on any atom is 0.338 e. The minimum Gasteiger partial charge on any atom is -0.505 e. The third kappa shape index (κ3) is 2.47. The smallest absolute Gasteiger partial charge is 0.338 e. The van der Waals surface area contributed by atoms with Crippen molar-refractivity contribution in [3.8, 4) is 11.5 Å². The second-order valence-corrected chi connectivity index (χ2v) is 3.09. The summed E-state index contributed by atoms with van der Waals surface area (Å²) in [6, 6.07) is 2.04. The summed E-state index contributed by atoms with van der Waals surface area (Å²) in [6.45, 7) is 2.08. The van der Waals surface area contributed by atoms with Crippen molar-refractivity contribution in [2.24, 2.45) is 5.18 Å². The Labute approximate surface area is 91.4 Å². The zero-order chi connectivity index (χ0) is 12.1. The van der Waals surface area contributed by atoms with Gasteiger partial charge in [-0.25, -0.2) is 4.79 Å². The zero-order valence-corrected chi connectivity index (χ0v) is 8.64. The number of ether oxygens (including phenoxy) is 1. The number of hydrogen-bond donors (Lipinski definition) is 2. The molecule has 0 amide bonds. The van der Waals surface area contributed by atoms with Gasteiger partial charge in [0.25, 0.3) is 0 Å². The molecule has 0 aliphatic heterocycles. The Morgan fingerprint density at radius 2 is 1.94 bits per heavy atom. The summed E-state index contributed by atoms with van der Waals surface area (Å²) < 4.78 is 4.79. The highest BCUT2D eigenvalue weighted by molar-refractivity contribution is 5.91. The van der Waals surface area contributed by atoms with E-state index in [0.717, 1.165) is 12.1 Å². The van der Waals surface area contributed by atoms with E-state index in [2.05, 4.69) is 5.18 Å². The number of benzene rings is 1. The Kier molecular flexibility index (Phi) is 3.82. The molecular weight excluding hydrogens is 214 g/mol. The lowest BCUT2D eigenvalue weighted by molar-refractivity contribution is 0.0504. The molecule has 0 saturated carbocycles. The fourth-order valence-corrected chi connectivity index (χ4v) is 1.09. The van der Waals surface area contributed by atoms with Crippen molar-refractivity contribution in [3.63, 3.8) is 0 Å². The highest BCUT2D eigenvalue weighted by atomic mass is 16.5. The van der Waals surface area contributed by atoms with E-state index in [1.54, 1.807) is 0 Å². The van der Waals surface area contributed by atoms with Gasteiger partial charge in [-0.15, -0.1) is 4.91 Å². The van der Waals surface area contributed by atoms with Crippen molar-refractivity contribution in [2.45, 2.75) is 13.3 Å². The van der Waals surface area contributed by atoms with Gasteiger partial charge in [-0.05, 0) is 23.7 Å². The van der Waals surface area contributed by atoms with Crippen molar-refractivity contribution in [2.75, 3.05) is 6.61 Å². The van der Waals surface area contributed by atoms with Crippen molar-refractivity contribution in [3.05, 3.63) is 22.6 Å². The molecule has 0 aliphatic carbocycles. The molecule has 86 valence electrons. The van der Waals surface area contributed by atoms with Crippen LogP contribution in [0.5, 0.6) is 11.5 Å². The molecule has 6 nitrogen and oxygen atoms in total. The van der Waals surface area contributed by atoms with Gasteiger partial charge in [0.15, 0.2) is 5.69 Å². The van der Waals surface area contributed by atoms with E-state index in [0.29, 0.717) is 6.42 Å². The van der Waals surface area contributed by atoms with Gasteiger partial charge in [-0.2, -0.15) is 0 Å². The molecule has 0 aromatic heterocycles. The molecule has 16 heavy (non-hydrogen) atoms. The molecule has 0 saturated heterocycles. The van der Waals surface area contributed by atoms with Gasteiger partial charge in [0.05, 0.1) is 12.2 Å². The van der Waals surface area contributed by atoms with Crippen molar-refractivity contribution >= 4 is 11.7 Å². The minimum atomic E-state index is -0.676. The van der Waals surface area contributed by atoms with Gasteiger partial charge in [0.1, 0.15) is 11.5 Å². The molecule has 1 aromatic rings. The highest BCUT2D eigenvalue weighted by Crippen LogP contribution is 2.36. The predicted octanol–water partition coefficient (Wildman–Crippen LogP) is 2.06. The summed E-state index contributed by atoms with van der Waals surface area (Å²) in [5, 5.41) is 21.0. The lowest BCUT2D eigenvalue weighted by Crippen LogP contribution is -2.05. The van der Waals surface area contributed by atoms with Gasteiger partial charge >= 0.3 is 5.97 Å². The Balaban J connectivity index is 2.99. The summed E-state index contributed by atoms with van der Waals surface area (Å²) in [7, 11) is 0. The first-order chi connectivity index (χ1) is 7.60. The van der Waals surface area contributed by atoms with Crippen molar-refractivity contribution in [1.82, 2.24) is 0 Å². The van der Waals surface area contributed by atoms with E-state index >= 15 is 0 Å². The second kappa shape index (κ2) is 5.11. The highest BCUT2D eigenvalue weighted by Gasteiger charge is 2.15. The number of phenolic OH excluding ortho intramolecular Hbond substituents is 2. The molecule has 0 spiro atoms. The molecule has 0 atom stereocenters. The first-order valence-electron chi connectivity index (χ1n) is 4.66. The van der Waals surface area contributed by atoms with Crippen LogP contribution in [0.2, 0.25) is 0 Å². The number of carbonyl (C=O) groups excluding carboxylic acids is 1. The Hall–Kier alpha value is -2.11. The summed E-state index contributed by atoms with van der Waals surface area (Å²) >= 11 is 0. The number of esters is 1. The van der Waals surface area contributed by atoms with Crippen LogP contribution in [0.15, 0.2) is 17.3 Å². The van der Waals surface area contributed by atoms with Crippen LogP contribution < -0.4 is 0 Å². The quantitative estimate of drug-likeness (QED) is 0.603. The topological polar surface area (TPSA) is 96.2 Å². The fourth-order valence-electron chi connectivity index (χ4n) is 1.09. The van der Waals surface area contributed by atoms with Gasteiger partial charge in [-0.3, -0.25) is 0 Å². The van der Waals surface area contributed by atoms with Crippen LogP contribution >= 0.6 is 0 Å². The van der Waals surface area contributed by atoms with Crippen LogP contribution in [0.3, 0.4) is 0 Å². The van der Waals surface area contributed by atoms with Crippen LogP contribution in [0.4, 0.5) is 5.69 Å². The number of nitrogens with zero attached hydrogens (tertiary/aromatic N) is 1. The van der Waals surface area contributed by atoms with E-state index in [4.69, 9.17) is 4.74 Å². The fraction of sp³-hybridized carbons (Fsp3) is 0.300. The largest absolute Gasteiger partial charge is 0.505 e. The molecular formula is C10H11NO5. The number of phenols is 2. The second-order valence-electron chi connectivity index (χ2n) is 3.09. The molecule has 1 rings (SSSR count). The van der Waals surface area contributed by atoms with E-state index in [9.17, 15) is 19.9 Å². The van der Waals surface area contributed by atoms with E-state index in [-0.39, 0.29) is 12.2 Å². The monoisotopic (exact) mass is 225 g/mol. The van der Waals surface area contributed by atoms with E-state index < -0.39 is 23.2 Å². The maximum atomic E-state index is 11.4. The van der Waals surface area contributed by atoms with Crippen LogP contribution in [-0.2, 0) is 4.74 Å². The van der Waals surface area contributed by atoms with Crippen molar-refractivity contribution in [1.29, 1.82) is 0 Å². The van der Waals surface area contributed by atoms with Gasteiger partial charge in [0, 0.05) is 0 Å². The Morgan fingerprint density at radius 3 is 2.38 bits per heavy atom. The normalized spacial score (nSPS) is 9.81. The summed E-state index contributed by atoms with van der Waals surface area (Å²) in [4.78, 5) is 21.6. The average molecular weight is 225 g/mol. The molecule has 6 heteroatoms. The lowest BCUT2D eigenvalue weighted by atomic mass is 10.1. The third-order valence-electron chi connectivity index (χ3n) is 1.83. The van der Waals surface area contributed by atoms with Crippen LogP contribution in [0.25, 0.3) is 0 Å². The molecule has 0 aliphatic rings. The molecule has 0 fully saturated rings. The van der Waals surface area contributed by atoms with Gasteiger partial charge in [0.2, 0.25) is 0 Å². The third-order valence-corrected chi connectivity index (χ3v) is 1.83. The molecule has 0 heterocycles. The molecule has 0 radical (unpaired) electrons. The summed E-state index contributed by atoms with van der Waals surface area (Å²) in [5.74, 6) is -1.79. The molecule has 2 N–H and O–H groups in total. The van der Waals surface area contributed by atoms with Crippen LogP contribution in [0.1, 0.15) is 23.7 Å². The number of hydrogen-bond acceptors (Lipinski definition) is 6. The van der Waals surface area contributed by atoms with E-state index in [1.807, 2.05) is 6.92 Å². The van der Waals surface area contributed by atoms with Gasteiger partial charge in [-0.1, -0.05) is 6.92 Å². The molecule has 0 bridgehead atoms. The molecule has 1 aromatic carbocycles. The SMILES string of the molecule is CCCOC(=O)c1cc(O)c(N=O)c(O)c1. The Morgan fingerprint density at radius 1 is 1.38 bits per heavy atom. The maximum absolute atomic E-state index is 11.4. The minimum absolute atomic E-state index is 0.0316. The van der Waals surface area contributed by atoms with Crippen LogP contribution in [-0.4, -0.2) is 22.8 Å². The number of aromatic hydroxyl groups is 2. The first kappa shape index (κ1) is 12.0.